The van der Waals surface area contributed by atoms with Crippen molar-refractivity contribution in [2.24, 2.45) is 0 Å². The molecule has 4 rings (SSSR count). The number of anilines is 1. The van der Waals surface area contributed by atoms with Gasteiger partial charge in [0, 0.05) is 0 Å². The van der Waals surface area contributed by atoms with Gasteiger partial charge in [0.25, 0.3) is 10.0 Å². The van der Waals surface area contributed by atoms with Gasteiger partial charge in [-0.05, 0) is 61.6 Å². The topological polar surface area (TPSA) is 66.5 Å². The molecular formula is C25H25ClN2O3S. The summed E-state index contributed by atoms with van der Waals surface area (Å²) in [7, 11) is -4.00. The van der Waals surface area contributed by atoms with Gasteiger partial charge in [-0.1, -0.05) is 65.7 Å². The van der Waals surface area contributed by atoms with E-state index in [-0.39, 0.29) is 34.1 Å². The molecule has 0 aromatic heterocycles. The summed E-state index contributed by atoms with van der Waals surface area (Å²) >= 11 is 6.34. The second-order valence-electron chi connectivity index (χ2n) is 7.99. The molecule has 3 aromatic carbocycles. The van der Waals surface area contributed by atoms with Crippen molar-refractivity contribution in [3.8, 4) is 0 Å². The van der Waals surface area contributed by atoms with Crippen LogP contribution in [-0.2, 0) is 21.2 Å². The summed E-state index contributed by atoms with van der Waals surface area (Å²) in [5.74, 6) is -0.373. The molecule has 0 radical (unpaired) electrons. The third kappa shape index (κ3) is 4.66. The zero-order chi connectivity index (χ0) is 22.7. The molecule has 0 spiro atoms. The van der Waals surface area contributed by atoms with E-state index in [1.165, 1.54) is 5.56 Å². The number of hydrogen-bond acceptors (Lipinski definition) is 3. The second kappa shape index (κ2) is 9.35. The number of aryl methyl sites for hydroxylation is 2. The van der Waals surface area contributed by atoms with E-state index < -0.39 is 10.0 Å². The Kier molecular flexibility index (Phi) is 6.53. The first-order valence-electron chi connectivity index (χ1n) is 10.6. The Balaban J connectivity index is 1.64. The quantitative estimate of drug-likeness (QED) is 0.551. The van der Waals surface area contributed by atoms with Crippen molar-refractivity contribution in [3.63, 3.8) is 0 Å². The average molecular weight is 469 g/mol. The van der Waals surface area contributed by atoms with Crippen molar-refractivity contribution in [2.75, 3.05) is 10.8 Å². The SMILES string of the molecule is Cc1ccc(S(=O)(=O)N(CC(=O)N[C@H]2CCCc3ccccc32)c2ccccc2Cl)cc1. The van der Waals surface area contributed by atoms with Gasteiger partial charge in [0.1, 0.15) is 6.54 Å². The van der Waals surface area contributed by atoms with Crippen molar-refractivity contribution >= 4 is 33.2 Å². The van der Waals surface area contributed by atoms with E-state index in [1.807, 2.05) is 25.1 Å². The van der Waals surface area contributed by atoms with Gasteiger partial charge >= 0.3 is 0 Å². The van der Waals surface area contributed by atoms with Gasteiger partial charge in [0.15, 0.2) is 0 Å². The van der Waals surface area contributed by atoms with Gasteiger partial charge in [-0.25, -0.2) is 8.42 Å². The van der Waals surface area contributed by atoms with Gasteiger partial charge in [-0.2, -0.15) is 0 Å². The average Bonchev–Trinajstić information content (AvgIpc) is 2.78. The van der Waals surface area contributed by atoms with Gasteiger partial charge in [0.05, 0.1) is 21.6 Å². The smallest absolute Gasteiger partial charge is 0.264 e. The third-order valence-electron chi connectivity index (χ3n) is 5.72. The molecule has 32 heavy (non-hydrogen) atoms. The maximum absolute atomic E-state index is 13.5. The number of nitrogens with one attached hydrogen (secondary N) is 1. The Bertz CT molecular complexity index is 1230. The maximum Gasteiger partial charge on any atom is 0.264 e. The molecule has 0 saturated heterocycles. The van der Waals surface area contributed by atoms with Crippen LogP contribution >= 0.6 is 11.6 Å². The van der Waals surface area contributed by atoms with Crippen LogP contribution in [0.2, 0.25) is 5.02 Å². The molecule has 0 heterocycles. The fraction of sp³-hybridized carbons (Fsp3) is 0.240. The Morgan fingerprint density at radius 1 is 1.03 bits per heavy atom. The monoisotopic (exact) mass is 468 g/mol. The van der Waals surface area contributed by atoms with Crippen molar-refractivity contribution in [3.05, 3.63) is 94.5 Å². The lowest BCUT2D eigenvalue weighted by Crippen LogP contribution is -2.42. The minimum atomic E-state index is -4.00. The number of halogens is 1. The Morgan fingerprint density at radius 2 is 1.72 bits per heavy atom. The number of rotatable bonds is 6. The van der Waals surface area contributed by atoms with Gasteiger partial charge in [-0.15, -0.1) is 0 Å². The van der Waals surface area contributed by atoms with Gasteiger partial charge in [-0.3, -0.25) is 9.10 Å². The Labute approximate surface area is 194 Å². The largest absolute Gasteiger partial charge is 0.348 e. The molecule has 7 heteroatoms. The summed E-state index contributed by atoms with van der Waals surface area (Å²) in [4.78, 5) is 13.2. The molecule has 5 nitrogen and oxygen atoms in total. The summed E-state index contributed by atoms with van der Waals surface area (Å²) in [5, 5.41) is 3.30. The molecule has 0 aliphatic heterocycles. The predicted octanol–water partition coefficient (Wildman–Crippen LogP) is 5.04. The fourth-order valence-electron chi connectivity index (χ4n) is 4.07. The molecule has 0 saturated carbocycles. The minimum Gasteiger partial charge on any atom is -0.348 e. The highest BCUT2D eigenvalue weighted by molar-refractivity contribution is 7.92. The molecule has 166 valence electrons. The molecule has 1 atom stereocenters. The lowest BCUT2D eigenvalue weighted by molar-refractivity contribution is -0.120. The standard InChI is InChI=1S/C25H25ClN2O3S/c1-18-13-15-20(16-14-18)32(30,31)28(24-12-5-4-10-22(24)26)17-25(29)27-23-11-6-8-19-7-2-3-9-21(19)23/h2-5,7,9-10,12-16,23H,6,8,11,17H2,1H3,(H,27,29)/t23-/m0/s1. The summed E-state index contributed by atoms with van der Waals surface area (Å²) in [6, 6.07) is 21.1. The van der Waals surface area contributed by atoms with Crippen LogP contribution in [0.5, 0.6) is 0 Å². The molecular weight excluding hydrogens is 444 g/mol. The highest BCUT2D eigenvalue weighted by atomic mass is 35.5. The summed E-state index contributed by atoms with van der Waals surface area (Å²) in [6.45, 7) is 1.52. The molecule has 3 aromatic rings. The first-order chi connectivity index (χ1) is 15.4. The predicted molar refractivity (Wildman–Crippen MR) is 127 cm³/mol. The number of hydrogen-bond donors (Lipinski definition) is 1. The molecule has 1 aliphatic carbocycles. The Hall–Kier alpha value is -2.83. The number of nitrogens with zero attached hydrogens (tertiary/aromatic N) is 1. The molecule has 1 aliphatic rings. The number of benzene rings is 3. The van der Waals surface area contributed by atoms with E-state index in [0.717, 1.165) is 34.7 Å². The van der Waals surface area contributed by atoms with Crippen LogP contribution in [0, 0.1) is 6.92 Å². The second-order valence-corrected chi connectivity index (χ2v) is 10.3. The number of sulfonamides is 1. The molecule has 0 bridgehead atoms. The first-order valence-corrected chi connectivity index (χ1v) is 12.4. The van der Waals surface area contributed by atoms with Crippen molar-refractivity contribution in [2.45, 2.75) is 37.1 Å². The number of carbonyl (C=O) groups excluding carboxylic acids is 1. The van der Waals surface area contributed by atoms with E-state index in [0.29, 0.717) is 0 Å². The van der Waals surface area contributed by atoms with Crippen LogP contribution < -0.4 is 9.62 Å². The number of amides is 1. The lowest BCUT2D eigenvalue weighted by Gasteiger charge is -2.29. The van der Waals surface area contributed by atoms with Crippen LogP contribution in [0.15, 0.2) is 77.7 Å². The first kappa shape index (κ1) is 22.4. The zero-order valence-corrected chi connectivity index (χ0v) is 19.4. The van der Waals surface area contributed by atoms with Crippen LogP contribution in [0.4, 0.5) is 5.69 Å². The van der Waals surface area contributed by atoms with Crippen molar-refractivity contribution in [1.82, 2.24) is 5.32 Å². The van der Waals surface area contributed by atoms with E-state index in [1.54, 1.807) is 48.5 Å². The van der Waals surface area contributed by atoms with Crippen LogP contribution in [0.3, 0.4) is 0 Å². The van der Waals surface area contributed by atoms with Gasteiger partial charge in [0.2, 0.25) is 5.91 Å². The summed E-state index contributed by atoms with van der Waals surface area (Å²) in [5.41, 5.74) is 3.54. The van der Waals surface area contributed by atoms with Gasteiger partial charge < -0.3 is 5.32 Å². The summed E-state index contributed by atoms with van der Waals surface area (Å²) in [6.07, 6.45) is 2.77. The molecule has 1 amide bonds. The summed E-state index contributed by atoms with van der Waals surface area (Å²) < 4.78 is 28.1. The zero-order valence-electron chi connectivity index (χ0n) is 17.8. The van der Waals surface area contributed by atoms with E-state index >= 15 is 0 Å². The van der Waals surface area contributed by atoms with E-state index in [4.69, 9.17) is 11.6 Å². The minimum absolute atomic E-state index is 0.110. The van der Waals surface area contributed by atoms with Crippen molar-refractivity contribution in [1.29, 1.82) is 0 Å². The van der Waals surface area contributed by atoms with Crippen molar-refractivity contribution < 1.29 is 13.2 Å². The van der Waals surface area contributed by atoms with Crippen LogP contribution in [0.1, 0.15) is 35.6 Å². The van der Waals surface area contributed by atoms with E-state index in [9.17, 15) is 13.2 Å². The normalized spacial score (nSPS) is 15.6. The molecule has 1 N–H and O–H groups in total. The number of fused-ring (bicyclic) bond motifs is 1. The highest BCUT2D eigenvalue weighted by Gasteiger charge is 2.30. The highest BCUT2D eigenvalue weighted by Crippen LogP contribution is 2.32. The Morgan fingerprint density at radius 3 is 2.47 bits per heavy atom. The number of para-hydroxylation sites is 1. The van der Waals surface area contributed by atoms with E-state index in [2.05, 4.69) is 11.4 Å². The maximum atomic E-state index is 13.5. The fourth-order valence-corrected chi connectivity index (χ4v) is 5.79. The van der Waals surface area contributed by atoms with Crippen LogP contribution in [-0.4, -0.2) is 20.9 Å². The molecule has 0 fully saturated rings. The molecule has 0 unspecified atom stereocenters. The van der Waals surface area contributed by atoms with Crippen LogP contribution in [0.25, 0.3) is 0 Å². The number of carbonyl (C=O) groups is 1. The lowest BCUT2D eigenvalue weighted by atomic mass is 9.88. The third-order valence-corrected chi connectivity index (χ3v) is 7.82.